The number of benzene rings is 4. The molecule has 6 N–H and O–H groups in total. The number of nitrogens with zero attached hydrogens (tertiary/aromatic N) is 3. The van der Waals surface area contributed by atoms with E-state index in [2.05, 4.69) is 35.0 Å². The summed E-state index contributed by atoms with van der Waals surface area (Å²) >= 11 is 6.55. The molecule has 0 radical (unpaired) electrons. The quantitative estimate of drug-likeness (QED) is 0.0503. The lowest BCUT2D eigenvalue weighted by molar-refractivity contribution is -0.432. The maximum Gasteiger partial charge on any atom is 0.295 e. The first-order chi connectivity index (χ1) is 21.0. The predicted octanol–water partition coefficient (Wildman–Crippen LogP) is 4.49. The molecule has 45 heavy (non-hydrogen) atoms. The topological polar surface area (TPSA) is 265 Å². The van der Waals surface area contributed by atoms with Crippen molar-refractivity contribution in [2.45, 2.75) is 19.6 Å². The van der Waals surface area contributed by atoms with Crippen LogP contribution in [0.1, 0.15) is 0 Å². The van der Waals surface area contributed by atoms with Crippen LogP contribution in [0.5, 0.6) is 0 Å². The first-order valence-electron chi connectivity index (χ1n) is 11.7. The molecule has 1 aromatic heterocycles. The fourth-order valence-corrected chi connectivity index (χ4v) is 6.95. The van der Waals surface area contributed by atoms with E-state index in [1.165, 1.54) is 42.5 Å². The highest BCUT2D eigenvalue weighted by Crippen LogP contribution is 2.33. The molecule has 0 aliphatic carbocycles. The number of hydrogen-bond donors (Lipinski definition) is 6. The summed E-state index contributed by atoms with van der Waals surface area (Å²) in [6, 6.07) is 12.5. The SMILES string of the molecule is O=S(=O)(O)c1cc(S(=O)(=O)O)c2ccc(Nc3nc(Cl)nc(Nc4ccc5c(S(=O)(=O)O)cc(SOOO)cc5c4)n3)cc2c1. The highest BCUT2D eigenvalue weighted by molar-refractivity contribution is 7.94. The minimum atomic E-state index is -4.88. The Morgan fingerprint density at radius 1 is 0.667 bits per heavy atom. The van der Waals surface area contributed by atoms with E-state index in [9.17, 15) is 38.9 Å². The lowest BCUT2D eigenvalue weighted by atomic mass is 10.1. The highest BCUT2D eigenvalue weighted by atomic mass is 35.5. The number of anilines is 4. The number of hydrogen-bond acceptors (Lipinski definition) is 15. The zero-order valence-corrected chi connectivity index (χ0v) is 25.7. The standard InChI is InChI=1S/C23H16ClN5O12S4/c24-21-27-22(25-13-1-3-17-11(5-13)7-15(42-41-40-30)9-19(17)44(34,35)36)29-23(28-21)26-14-2-4-18-12(6-14)8-16(43(31,32)33)10-20(18)45(37,38)39/h1-10,30H,(H,31,32,33)(H,34,35,36)(H,37,38,39)(H2,25,26,27,28,29). The molecule has 0 spiro atoms. The molecule has 0 saturated heterocycles. The second-order valence-corrected chi connectivity index (χ2v) is 14.2. The van der Waals surface area contributed by atoms with Crippen LogP contribution in [-0.4, -0.2) is 59.1 Å². The van der Waals surface area contributed by atoms with Crippen molar-refractivity contribution in [1.82, 2.24) is 15.0 Å². The Morgan fingerprint density at radius 3 is 1.67 bits per heavy atom. The van der Waals surface area contributed by atoms with Gasteiger partial charge in [-0.1, -0.05) is 17.2 Å². The minimum Gasteiger partial charge on any atom is -0.324 e. The van der Waals surface area contributed by atoms with Gasteiger partial charge in [-0.15, -0.1) is 4.33 Å². The summed E-state index contributed by atoms with van der Waals surface area (Å²) in [6.07, 6.45) is 0. The summed E-state index contributed by atoms with van der Waals surface area (Å²) in [4.78, 5) is 10.4. The van der Waals surface area contributed by atoms with Gasteiger partial charge in [0.2, 0.25) is 17.2 Å². The van der Waals surface area contributed by atoms with Crippen molar-refractivity contribution in [3.8, 4) is 0 Å². The van der Waals surface area contributed by atoms with Gasteiger partial charge in [-0.25, -0.2) is 5.26 Å². The lowest BCUT2D eigenvalue weighted by Crippen LogP contribution is -2.05. The van der Waals surface area contributed by atoms with Crippen molar-refractivity contribution in [2.75, 3.05) is 10.6 Å². The van der Waals surface area contributed by atoms with Gasteiger partial charge in [0, 0.05) is 27.0 Å². The Labute approximate surface area is 262 Å². The molecule has 0 fully saturated rings. The fourth-order valence-electron chi connectivity index (χ4n) is 4.17. The summed E-state index contributed by atoms with van der Waals surface area (Å²) < 4.78 is 104. The van der Waals surface area contributed by atoms with Crippen molar-refractivity contribution >= 4 is 98.8 Å². The van der Waals surface area contributed by atoms with Crippen molar-refractivity contribution < 1.29 is 53.5 Å². The molecule has 236 valence electrons. The van der Waals surface area contributed by atoms with Crippen LogP contribution in [0, 0.1) is 0 Å². The molecule has 4 aromatic carbocycles. The Bertz CT molecular complexity index is 2330. The minimum absolute atomic E-state index is 0.00941. The summed E-state index contributed by atoms with van der Waals surface area (Å²) in [5, 5.41) is 17.8. The van der Waals surface area contributed by atoms with Gasteiger partial charge in [0.1, 0.15) is 9.79 Å². The molecule has 0 aliphatic heterocycles. The summed E-state index contributed by atoms with van der Waals surface area (Å²) in [7, 11) is -14.4. The Kier molecular flexibility index (Phi) is 8.87. The molecule has 22 heteroatoms. The number of nitrogens with one attached hydrogen (secondary N) is 2. The van der Waals surface area contributed by atoms with Crippen LogP contribution >= 0.6 is 23.6 Å². The van der Waals surface area contributed by atoms with Gasteiger partial charge in [0.15, 0.2) is 0 Å². The van der Waals surface area contributed by atoms with Crippen molar-refractivity contribution in [3.63, 3.8) is 0 Å². The van der Waals surface area contributed by atoms with Gasteiger partial charge in [0.25, 0.3) is 30.4 Å². The summed E-state index contributed by atoms with van der Waals surface area (Å²) in [6.45, 7) is 0. The zero-order chi connectivity index (χ0) is 32.7. The van der Waals surface area contributed by atoms with Gasteiger partial charge < -0.3 is 10.6 Å². The van der Waals surface area contributed by atoms with E-state index >= 15 is 0 Å². The van der Waals surface area contributed by atoms with Gasteiger partial charge >= 0.3 is 0 Å². The van der Waals surface area contributed by atoms with Crippen LogP contribution in [0.15, 0.2) is 80.2 Å². The molecule has 1 heterocycles. The molecule has 0 bridgehead atoms. The third-order valence-corrected chi connectivity index (χ3v) is 9.26. The molecular weight excluding hydrogens is 702 g/mol. The third-order valence-electron chi connectivity index (χ3n) is 5.91. The maximum atomic E-state index is 12.0. The number of rotatable bonds is 10. The molecule has 0 unspecified atom stereocenters. The normalized spacial score (nSPS) is 12.5. The zero-order valence-electron chi connectivity index (χ0n) is 21.7. The van der Waals surface area contributed by atoms with Gasteiger partial charge in [-0.05, 0) is 70.9 Å². The average Bonchev–Trinajstić information content (AvgIpc) is 2.93. The number of fused-ring (bicyclic) bond motifs is 2. The largest absolute Gasteiger partial charge is 0.324 e. The van der Waals surface area contributed by atoms with E-state index in [-0.39, 0.29) is 43.9 Å². The second-order valence-electron chi connectivity index (χ2n) is 8.87. The van der Waals surface area contributed by atoms with E-state index in [4.69, 9.17) is 16.9 Å². The van der Waals surface area contributed by atoms with E-state index in [1.54, 1.807) is 0 Å². The van der Waals surface area contributed by atoms with Crippen LogP contribution in [0.2, 0.25) is 5.28 Å². The second kappa shape index (κ2) is 12.2. The molecule has 0 aliphatic rings. The first kappa shape index (κ1) is 32.6. The average molecular weight is 718 g/mol. The molecule has 0 saturated carbocycles. The van der Waals surface area contributed by atoms with Gasteiger partial charge in [-0.2, -0.15) is 40.2 Å². The maximum absolute atomic E-state index is 12.0. The van der Waals surface area contributed by atoms with Crippen LogP contribution in [0.4, 0.5) is 23.3 Å². The Balaban J connectivity index is 1.49. The van der Waals surface area contributed by atoms with Crippen LogP contribution in [0.3, 0.4) is 0 Å². The Hall–Kier alpha value is -3.74. The van der Waals surface area contributed by atoms with Gasteiger partial charge in [0.05, 0.1) is 16.9 Å². The van der Waals surface area contributed by atoms with E-state index in [0.717, 1.165) is 12.1 Å². The van der Waals surface area contributed by atoms with Crippen LogP contribution in [-0.2, 0) is 39.7 Å². The van der Waals surface area contributed by atoms with Crippen molar-refractivity contribution in [3.05, 3.63) is 65.9 Å². The van der Waals surface area contributed by atoms with Gasteiger partial charge in [-0.3, -0.25) is 13.7 Å². The first-order valence-corrected chi connectivity index (χ1v) is 17.1. The lowest BCUT2D eigenvalue weighted by Gasteiger charge is -2.12. The number of halogens is 1. The predicted molar refractivity (Wildman–Crippen MR) is 159 cm³/mol. The summed E-state index contributed by atoms with van der Waals surface area (Å²) in [5.41, 5.74) is 0.548. The monoisotopic (exact) mass is 717 g/mol. The number of aromatic nitrogens is 3. The van der Waals surface area contributed by atoms with Crippen molar-refractivity contribution in [2.24, 2.45) is 0 Å². The van der Waals surface area contributed by atoms with Crippen LogP contribution < -0.4 is 10.6 Å². The molecule has 0 amide bonds. The summed E-state index contributed by atoms with van der Waals surface area (Å²) in [5.74, 6) is -0.204. The molecule has 5 rings (SSSR count). The van der Waals surface area contributed by atoms with E-state index in [1.807, 2.05) is 0 Å². The molecule has 0 atom stereocenters. The van der Waals surface area contributed by atoms with Crippen LogP contribution in [0.25, 0.3) is 21.5 Å². The smallest absolute Gasteiger partial charge is 0.295 e. The molecule has 5 aromatic rings. The third kappa shape index (κ3) is 7.57. The molecular formula is C23H16ClN5O12S4. The van der Waals surface area contributed by atoms with Crippen molar-refractivity contribution in [1.29, 1.82) is 0 Å². The fraction of sp³-hybridized carbons (Fsp3) is 0. The van der Waals surface area contributed by atoms with E-state index in [0.29, 0.717) is 29.2 Å². The highest BCUT2D eigenvalue weighted by Gasteiger charge is 2.21. The van der Waals surface area contributed by atoms with E-state index < -0.39 is 45.0 Å². The Morgan fingerprint density at radius 2 is 1.18 bits per heavy atom. The molecule has 17 nitrogen and oxygen atoms in total.